The van der Waals surface area contributed by atoms with Crippen molar-refractivity contribution in [2.45, 2.75) is 6.92 Å². The molecule has 4 rings (SSSR count). The molecule has 3 aromatic heterocycles. The first-order chi connectivity index (χ1) is 10.6. The molecule has 0 aliphatic rings. The van der Waals surface area contributed by atoms with Gasteiger partial charge in [0.15, 0.2) is 5.01 Å². The second-order valence-corrected chi connectivity index (χ2v) is 5.75. The predicted molar refractivity (Wildman–Crippen MR) is 83.2 cm³/mol. The molecule has 1 aromatic carbocycles. The number of aromatic amines is 1. The Morgan fingerprint density at radius 1 is 1.18 bits per heavy atom. The van der Waals surface area contributed by atoms with Crippen molar-refractivity contribution in [3.63, 3.8) is 0 Å². The van der Waals surface area contributed by atoms with E-state index in [2.05, 4.69) is 20.3 Å². The van der Waals surface area contributed by atoms with E-state index in [0.29, 0.717) is 15.5 Å². The molecule has 22 heavy (non-hydrogen) atoms. The standard InChI is InChI=1S/C14H9N5O2S/c1-7-13(21)19-14(17-16-7)22-12(18-19)9-6-8-4-2-3-5-10(8)15-11(9)20/h2-6H,1H3,(H,15,20). The van der Waals surface area contributed by atoms with Crippen LogP contribution in [0.1, 0.15) is 5.69 Å². The maximum Gasteiger partial charge on any atom is 0.296 e. The lowest BCUT2D eigenvalue weighted by Crippen LogP contribution is -2.19. The summed E-state index contributed by atoms with van der Waals surface area (Å²) in [5, 5.41) is 13.3. The summed E-state index contributed by atoms with van der Waals surface area (Å²) in [5.41, 5.74) is 0.846. The van der Waals surface area contributed by atoms with Crippen LogP contribution in [0.5, 0.6) is 0 Å². The van der Waals surface area contributed by atoms with Gasteiger partial charge in [0.1, 0.15) is 5.69 Å². The number of aryl methyl sites for hydroxylation is 1. The second kappa shape index (κ2) is 4.57. The predicted octanol–water partition coefficient (Wildman–Crippen LogP) is 1.36. The number of nitrogens with zero attached hydrogens (tertiary/aromatic N) is 4. The highest BCUT2D eigenvalue weighted by Crippen LogP contribution is 2.23. The second-order valence-electron chi connectivity index (χ2n) is 4.79. The summed E-state index contributed by atoms with van der Waals surface area (Å²) < 4.78 is 1.18. The van der Waals surface area contributed by atoms with Crippen molar-refractivity contribution in [2.75, 3.05) is 0 Å². The van der Waals surface area contributed by atoms with E-state index in [1.165, 1.54) is 4.52 Å². The fourth-order valence-electron chi connectivity index (χ4n) is 2.21. The number of para-hydroxylation sites is 1. The minimum Gasteiger partial charge on any atom is -0.321 e. The molecule has 8 heteroatoms. The first-order valence-corrected chi connectivity index (χ1v) is 7.31. The molecule has 0 radical (unpaired) electrons. The third-order valence-electron chi connectivity index (χ3n) is 3.33. The smallest absolute Gasteiger partial charge is 0.296 e. The number of fused-ring (bicyclic) bond motifs is 2. The van der Waals surface area contributed by atoms with Gasteiger partial charge in [0.2, 0.25) is 4.96 Å². The number of nitrogens with one attached hydrogen (secondary N) is 1. The highest BCUT2D eigenvalue weighted by Gasteiger charge is 2.14. The molecule has 0 aliphatic carbocycles. The Kier molecular flexibility index (Phi) is 2.67. The number of pyridine rings is 1. The molecule has 0 aliphatic heterocycles. The van der Waals surface area contributed by atoms with Gasteiger partial charge in [0, 0.05) is 5.52 Å². The van der Waals surface area contributed by atoms with Crippen LogP contribution in [0.15, 0.2) is 39.9 Å². The molecule has 0 saturated heterocycles. The van der Waals surface area contributed by atoms with Crippen LogP contribution in [0.3, 0.4) is 0 Å². The number of rotatable bonds is 1. The van der Waals surface area contributed by atoms with Crippen molar-refractivity contribution in [3.05, 3.63) is 56.7 Å². The van der Waals surface area contributed by atoms with Crippen LogP contribution in [0.4, 0.5) is 0 Å². The zero-order valence-electron chi connectivity index (χ0n) is 11.4. The Hall–Kier alpha value is -2.87. The quantitative estimate of drug-likeness (QED) is 0.573. The van der Waals surface area contributed by atoms with Crippen LogP contribution in [-0.2, 0) is 0 Å². The number of H-pyrrole nitrogens is 1. The molecule has 0 atom stereocenters. The van der Waals surface area contributed by atoms with E-state index in [-0.39, 0.29) is 16.8 Å². The van der Waals surface area contributed by atoms with Crippen molar-refractivity contribution < 1.29 is 0 Å². The molecule has 0 unspecified atom stereocenters. The summed E-state index contributed by atoms with van der Waals surface area (Å²) >= 11 is 1.15. The largest absolute Gasteiger partial charge is 0.321 e. The minimum atomic E-state index is -0.329. The molecule has 0 bridgehead atoms. The van der Waals surface area contributed by atoms with E-state index in [0.717, 1.165) is 22.2 Å². The van der Waals surface area contributed by atoms with Crippen LogP contribution >= 0.6 is 11.3 Å². The number of aromatic nitrogens is 5. The summed E-state index contributed by atoms with van der Waals surface area (Å²) in [4.78, 5) is 27.4. The van der Waals surface area contributed by atoms with Gasteiger partial charge >= 0.3 is 0 Å². The van der Waals surface area contributed by atoms with Gasteiger partial charge in [-0.3, -0.25) is 9.59 Å². The summed E-state index contributed by atoms with van der Waals surface area (Å²) in [5.74, 6) is 0. The average Bonchev–Trinajstić information content (AvgIpc) is 2.95. The average molecular weight is 311 g/mol. The van der Waals surface area contributed by atoms with E-state index in [4.69, 9.17) is 0 Å². The number of hydrogen-bond acceptors (Lipinski definition) is 6. The van der Waals surface area contributed by atoms with Crippen LogP contribution in [-0.4, -0.2) is 24.8 Å². The van der Waals surface area contributed by atoms with Gasteiger partial charge in [-0.15, -0.1) is 10.2 Å². The molecule has 108 valence electrons. The van der Waals surface area contributed by atoms with Gasteiger partial charge in [-0.2, -0.15) is 9.61 Å². The third kappa shape index (κ3) is 1.85. The lowest BCUT2D eigenvalue weighted by molar-refractivity contribution is 0.829. The fraction of sp³-hybridized carbons (Fsp3) is 0.0714. The molecule has 4 aromatic rings. The first-order valence-electron chi connectivity index (χ1n) is 6.49. The summed E-state index contributed by atoms with van der Waals surface area (Å²) in [6.07, 6.45) is 0. The van der Waals surface area contributed by atoms with Gasteiger partial charge in [0.25, 0.3) is 11.1 Å². The maximum absolute atomic E-state index is 12.2. The molecule has 3 heterocycles. The van der Waals surface area contributed by atoms with Crippen molar-refractivity contribution in [1.29, 1.82) is 0 Å². The van der Waals surface area contributed by atoms with Crippen LogP contribution < -0.4 is 11.1 Å². The Morgan fingerprint density at radius 3 is 2.86 bits per heavy atom. The monoisotopic (exact) mass is 311 g/mol. The first kappa shape index (κ1) is 12.8. The van der Waals surface area contributed by atoms with E-state index in [1.807, 2.05) is 24.3 Å². The van der Waals surface area contributed by atoms with E-state index in [9.17, 15) is 9.59 Å². The van der Waals surface area contributed by atoms with Crippen molar-refractivity contribution in [2.24, 2.45) is 0 Å². The molecule has 0 fully saturated rings. The van der Waals surface area contributed by atoms with Gasteiger partial charge in [0.05, 0.1) is 5.56 Å². The highest BCUT2D eigenvalue weighted by atomic mass is 32.1. The van der Waals surface area contributed by atoms with Crippen molar-refractivity contribution in [1.82, 2.24) is 24.8 Å². The van der Waals surface area contributed by atoms with Crippen molar-refractivity contribution >= 4 is 27.2 Å². The molecular weight excluding hydrogens is 302 g/mol. The number of benzene rings is 1. The van der Waals surface area contributed by atoms with Crippen LogP contribution in [0.2, 0.25) is 0 Å². The van der Waals surface area contributed by atoms with Gasteiger partial charge in [-0.05, 0) is 24.4 Å². The third-order valence-corrected chi connectivity index (χ3v) is 4.26. The van der Waals surface area contributed by atoms with E-state index < -0.39 is 0 Å². The zero-order chi connectivity index (χ0) is 15.3. The SMILES string of the molecule is Cc1nnc2sc(-c3cc4ccccc4[nH]c3=O)nn2c1=O. The van der Waals surface area contributed by atoms with Gasteiger partial charge in [-0.1, -0.05) is 29.5 Å². The Balaban J connectivity index is 2.03. The number of hydrogen-bond donors (Lipinski definition) is 1. The van der Waals surface area contributed by atoms with Crippen LogP contribution in [0.25, 0.3) is 26.4 Å². The van der Waals surface area contributed by atoms with E-state index >= 15 is 0 Å². The molecule has 7 nitrogen and oxygen atoms in total. The molecule has 0 amide bonds. The maximum atomic E-state index is 12.2. The molecular formula is C14H9N5O2S. The molecule has 0 saturated carbocycles. The van der Waals surface area contributed by atoms with Gasteiger partial charge in [-0.25, -0.2) is 0 Å². The van der Waals surface area contributed by atoms with Gasteiger partial charge < -0.3 is 4.98 Å². The lowest BCUT2D eigenvalue weighted by atomic mass is 10.1. The summed E-state index contributed by atoms with van der Waals surface area (Å²) in [7, 11) is 0. The molecule has 1 N–H and O–H groups in total. The lowest BCUT2D eigenvalue weighted by Gasteiger charge is -1.99. The highest BCUT2D eigenvalue weighted by molar-refractivity contribution is 7.19. The Morgan fingerprint density at radius 2 is 2.00 bits per heavy atom. The fourth-order valence-corrected chi connectivity index (χ4v) is 3.06. The van der Waals surface area contributed by atoms with Crippen molar-refractivity contribution in [3.8, 4) is 10.6 Å². The summed E-state index contributed by atoms with van der Waals surface area (Å²) in [6, 6.07) is 9.24. The Bertz CT molecular complexity index is 1140. The minimum absolute atomic E-state index is 0.254. The Labute approximate surface area is 126 Å². The molecule has 0 spiro atoms. The normalized spacial score (nSPS) is 11.3. The van der Waals surface area contributed by atoms with E-state index in [1.54, 1.807) is 13.0 Å². The van der Waals surface area contributed by atoms with Crippen LogP contribution in [0, 0.1) is 6.92 Å². The zero-order valence-corrected chi connectivity index (χ0v) is 12.2. The topological polar surface area (TPSA) is 93.0 Å². The summed E-state index contributed by atoms with van der Waals surface area (Å²) in [6.45, 7) is 1.57.